The highest BCUT2D eigenvalue weighted by atomic mass is 35.5. The van der Waals surface area contributed by atoms with Gasteiger partial charge in [0.2, 0.25) is 5.88 Å². The monoisotopic (exact) mass is 256 g/mol. The molecule has 0 atom stereocenters. The van der Waals surface area contributed by atoms with Crippen molar-refractivity contribution in [1.82, 2.24) is 13.7 Å². The number of hydrogen-bond donors (Lipinski definition) is 1. The van der Waals surface area contributed by atoms with Crippen LogP contribution in [0.5, 0.6) is 5.88 Å². The van der Waals surface area contributed by atoms with Crippen LogP contribution in [0.25, 0.3) is 0 Å². The van der Waals surface area contributed by atoms with E-state index in [1.165, 1.54) is 0 Å². The van der Waals surface area contributed by atoms with E-state index in [1.54, 1.807) is 13.3 Å². The fourth-order valence-electron chi connectivity index (χ4n) is 1.20. The van der Waals surface area contributed by atoms with Crippen LogP contribution in [0.2, 0.25) is 5.15 Å². The van der Waals surface area contributed by atoms with Gasteiger partial charge in [0.25, 0.3) is 0 Å². The van der Waals surface area contributed by atoms with Gasteiger partial charge in [-0.3, -0.25) is 0 Å². The van der Waals surface area contributed by atoms with E-state index in [0.717, 1.165) is 17.3 Å². The molecule has 2 aromatic rings. The average Bonchev–Trinajstić information content (AvgIpc) is 2.72. The maximum atomic E-state index is 5.81. The third-order valence-corrected chi connectivity index (χ3v) is 2.83. The highest BCUT2D eigenvalue weighted by Gasteiger charge is 2.07. The maximum Gasteiger partial charge on any atom is 0.218 e. The summed E-state index contributed by atoms with van der Waals surface area (Å²) in [4.78, 5) is 4.09. The Morgan fingerprint density at radius 2 is 2.38 bits per heavy atom. The summed E-state index contributed by atoms with van der Waals surface area (Å²) in [7, 11) is 1.59. The third kappa shape index (κ3) is 2.40. The molecule has 7 heteroatoms. The largest absolute Gasteiger partial charge is 0.481 e. The molecule has 0 spiro atoms. The van der Waals surface area contributed by atoms with Gasteiger partial charge in [0.15, 0.2) is 11.0 Å². The van der Waals surface area contributed by atoms with Crippen molar-refractivity contribution in [1.29, 1.82) is 0 Å². The van der Waals surface area contributed by atoms with Gasteiger partial charge < -0.3 is 10.1 Å². The van der Waals surface area contributed by atoms with Crippen LogP contribution in [0.4, 0.5) is 5.82 Å². The first-order valence-electron chi connectivity index (χ1n) is 4.51. The Morgan fingerprint density at radius 1 is 1.50 bits per heavy atom. The fourth-order valence-corrected chi connectivity index (χ4v) is 1.89. The Labute approximate surface area is 102 Å². The van der Waals surface area contributed by atoms with Crippen molar-refractivity contribution in [3.8, 4) is 5.88 Å². The summed E-state index contributed by atoms with van der Waals surface area (Å²) in [6, 6.07) is 3.77. The highest BCUT2D eigenvalue weighted by Crippen LogP contribution is 2.20. The predicted octanol–water partition coefficient (Wildman–Crippen LogP) is 2.21. The lowest BCUT2D eigenvalue weighted by Crippen LogP contribution is -2.03. The number of aromatic nitrogens is 3. The van der Waals surface area contributed by atoms with Crippen LogP contribution in [0, 0.1) is 0 Å². The first-order chi connectivity index (χ1) is 7.81. The van der Waals surface area contributed by atoms with Crippen LogP contribution < -0.4 is 10.1 Å². The zero-order valence-electron chi connectivity index (χ0n) is 8.48. The molecule has 0 aliphatic carbocycles. The summed E-state index contributed by atoms with van der Waals surface area (Å²) in [5, 5.41) is 3.45. The number of hydrogen-bond acceptors (Lipinski definition) is 6. The minimum absolute atomic E-state index is 0.382. The maximum absolute atomic E-state index is 5.81. The van der Waals surface area contributed by atoms with Gasteiger partial charge in [-0.15, -0.1) is 0 Å². The van der Waals surface area contributed by atoms with Crippen molar-refractivity contribution >= 4 is 29.1 Å². The van der Waals surface area contributed by atoms with E-state index in [0.29, 0.717) is 23.4 Å². The molecule has 5 nitrogen and oxygen atoms in total. The number of rotatable bonds is 4. The third-order valence-electron chi connectivity index (χ3n) is 1.94. The number of halogens is 1. The Morgan fingerprint density at radius 3 is 3.06 bits per heavy atom. The topological polar surface area (TPSA) is 59.9 Å². The van der Waals surface area contributed by atoms with Gasteiger partial charge in [-0.2, -0.15) is 8.75 Å². The van der Waals surface area contributed by atoms with Crippen LogP contribution in [-0.4, -0.2) is 20.8 Å². The summed E-state index contributed by atoms with van der Waals surface area (Å²) < 4.78 is 13.0. The fraction of sp³-hybridized carbons (Fsp3) is 0.222. The Balaban J connectivity index is 2.07. The lowest BCUT2D eigenvalue weighted by Gasteiger charge is -2.07. The van der Waals surface area contributed by atoms with Gasteiger partial charge in [-0.25, -0.2) is 4.98 Å². The molecular weight excluding hydrogens is 248 g/mol. The first kappa shape index (κ1) is 11.1. The van der Waals surface area contributed by atoms with Crippen LogP contribution in [0.15, 0.2) is 18.3 Å². The van der Waals surface area contributed by atoms with E-state index in [-0.39, 0.29) is 0 Å². The molecule has 0 unspecified atom stereocenters. The number of anilines is 1. The molecule has 2 heterocycles. The van der Waals surface area contributed by atoms with Crippen LogP contribution in [0.3, 0.4) is 0 Å². The van der Waals surface area contributed by atoms with Gasteiger partial charge in [0, 0.05) is 18.3 Å². The van der Waals surface area contributed by atoms with Crippen LogP contribution >= 0.6 is 23.3 Å². The predicted molar refractivity (Wildman–Crippen MR) is 63.0 cm³/mol. The molecule has 0 amide bonds. The zero-order valence-corrected chi connectivity index (χ0v) is 10.0. The minimum Gasteiger partial charge on any atom is -0.481 e. The molecule has 0 saturated heterocycles. The zero-order chi connectivity index (χ0) is 11.4. The van der Waals surface area contributed by atoms with Gasteiger partial charge in [-0.1, -0.05) is 17.7 Å². The van der Waals surface area contributed by atoms with Crippen molar-refractivity contribution in [3.05, 3.63) is 29.0 Å². The Kier molecular flexibility index (Phi) is 3.53. The van der Waals surface area contributed by atoms with Gasteiger partial charge in [0.1, 0.15) is 0 Å². The molecule has 1 N–H and O–H groups in total. The minimum atomic E-state index is 0.382. The normalized spacial score (nSPS) is 10.1. The Bertz CT molecular complexity index is 476. The number of methoxy groups -OCH3 is 1. The standard InChI is InChI=1S/C9H9ClN4OS/c1-15-9-6(3-2-4-11-9)5-12-8-7(10)13-16-14-8/h2-4H,5H2,1H3,(H,12,14). The molecular formula is C9H9ClN4OS. The molecule has 84 valence electrons. The number of pyridine rings is 1. The van der Waals surface area contributed by atoms with Crippen molar-refractivity contribution in [2.24, 2.45) is 0 Å². The van der Waals surface area contributed by atoms with E-state index < -0.39 is 0 Å². The second-order valence-electron chi connectivity index (χ2n) is 2.93. The van der Waals surface area contributed by atoms with E-state index in [4.69, 9.17) is 16.3 Å². The summed E-state index contributed by atoms with van der Waals surface area (Å²) in [5.74, 6) is 1.17. The van der Waals surface area contributed by atoms with E-state index >= 15 is 0 Å². The summed E-state index contributed by atoms with van der Waals surface area (Å²) in [6.45, 7) is 0.544. The van der Waals surface area contributed by atoms with Gasteiger partial charge >= 0.3 is 0 Å². The number of nitrogens with one attached hydrogen (secondary N) is 1. The Hall–Kier alpha value is -1.40. The summed E-state index contributed by atoms with van der Waals surface area (Å²) in [6.07, 6.45) is 1.68. The molecule has 2 rings (SSSR count). The van der Waals surface area contributed by atoms with Crippen LogP contribution in [-0.2, 0) is 6.54 Å². The van der Waals surface area contributed by atoms with Gasteiger partial charge in [-0.05, 0) is 6.07 Å². The van der Waals surface area contributed by atoms with E-state index in [9.17, 15) is 0 Å². The van der Waals surface area contributed by atoms with Crippen LogP contribution in [0.1, 0.15) is 5.56 Å². The molecule has 0 aliphatic heterocycles. The molecule has 0 fully saturated rings. The summed E-state index contributed by atoms with van der Waals surface area (Å²) >= 11 is 6.88. The number of ether oxygens (including phenoxy) is 1. The lowest BCUT2D eigenvalue weighted by atomic mass is 10.2. The molecule has 0 aliphatic rings. The average molecular weight is 257 g/mol. The lowest BCUT2D eigenvalue weighted by molar-refractivity contribution is 0.393. The second-order valence-corrected chi connectivity index (χ2v) is 3.82. The first-order valence-corrected chi connectivity index (χ1v) is 5.62. The molecule has 16 heavy (non-hydrogen) atoms. The SMILES string of the molecule is COc1ncccc1CNc1nsnc1Cl. The number of nitrogens with zero attached hydrogens (tertiary/aromatic N) is 3. The van der Waals surface area contributed by atoms with Crippen molar-refractivity contribution in [2.45, 2.75) is 6.54 Å². The smallest absolute Gasteiger partial charge is 0.218 e. The van der Waals surface area contributed by atoms with Gasteiger partial charge in [0.05, 0.1) is 18.8 Å². The van der Waals surface area contributed by atoms with E-state index in [1.807, 2.05) is 12.1 Å². The molecule has 0 bridgehead atoms. The van der Waals surface area contributed by atoms with Crippen molar-refractivity contribution in [3.63, 3.8) is 0 Å². The molecule has 0 aromatic carbocycles. The molecule has 2 aromatic heterocycles. The summed E-state index contributed by atoms with van der Waals surface area (Å²) in [5.41, 5.74) is 0.939. The van der Waals surface area contributed by atoms with Crippen molar-refractivity contribution in [2.75, 3.05) is 12.4 Å². The van der Waals surface area contributed by atoms with E-state index in [2.05, 4.69) is 19.0 Å². The second kappa shape index (κ2) is 5.09. The molecule has 0 radical (unpaired) electrons. The quantitative estimate of drug-likeness (QED) is 0.909. The highest BCUT2D eigenvalue weighted by molar-refractivity contribution is 6.99. The van der Waals surface area contributed by atoms with Crippen molar-refractivity contribution < 1.29 is 4.74 Å². The molecule has 0 saturated carbocycles.